The van der Waals surface area contributed by atoms with Crippen molar-refractivity contribution in [3.63, 3.8) is 0 Å². The summed E-state index contributed by atoms with van der Waals surface area (Å²) in [6.07, 6.45) is -0.110. The van der Waals surface area contributed by atoms with Crippen LogP contribution in [-0.2, 0) is 6.18 Å². The summed E-state index contributed by atoms with van der Waals surface area (Å²) < 4.78 is 38.9. The molecule has 6 heteroatoms. The molecular formula is C14H18BrF3N2. The van der Waals surface area contributed by atoms with Crippen molar-refractivity contribution in [2.45, 2.75) is 37.9 Å². The number of alkyl halides is 3. The lowest BCUT2D eigenvalue weighted by Gasteiger charge is -2.32. The predicted octanol–water partition coefficient (Wildman–Crippen LogP) is 4.40. The van der Waals surface area contributed by atoms with Crippen molar-refractivity contribution in [1.82, 2.24) is 0 Å². The summed E-state index contributed by atoms with van der Waals surface area (Å²) in [5.41, 5.74) is 5.61. The Kier molecular flexibility index (Phi) is 4.96. The summed E-state index contributed by atoms with van der Waals surface area (Å²) in [6.45, 7) is 0.564. The van der Waals surface area contributed by atoms with Crippen LogP contribution < -0.4 is 11.1 Å². The maximum atomic E-state index is 12.8. The Hall–Kier alpha value is -0.750. The van der Waals surface area contributed by atoms with Crippen LogP contribution in [0.15, 0.2) is 22.7 Å². The van der Waals surface area contributed by atoms with E-state index < -0.39 is 11.7 Å². The third-order valence-corrected chi connectivity index (χ3v) is 4.54. The van der Waals surface area contributed by atoms with E-state index >= 15 is 0 Å². The molecule has 2 rings (SSSR count). The van der Waals surface area contributed by atoms with Crippen LogP contribution in [0, 0.1) is 5.92 Å². The van der Waals surface area contributed by atoms with Gasteiger partial charge in [-0.15, -0.1) is 0 Å². The summed E-state index contributed by atoms with van der Waals surface area (Å²) in [6, 6.07) is 3.82. The normalized spacial score (nSPS) is 23.6. The lowest BCUT2D eigenvalue weighted by atomic mass is 9.84. The van der Waals surface area contributed by atoms with Gasteiger partial charge in [-0.25, -0.2) is 0 Å². The van der Waals surface area contributed by atoms with Crippen molar-refractivity contribution in [2.75, 3.05) is 11.9 Å². The highest BCUT2D eigenvalue weighted by Crippen LogP contribution is 2.35. The predicted molar refractivity (Wildman–Crippen MR) is 77.6 cm³/mol. The standard InChI is InChI=1S/C14H18BrF3N2/c15-11-6-5-10(14(16,17)18)7-13(11)20-12-4-2-1-3-9(12)8-19/h5-7,9,12,20H,1-4,8,19H2. The molecule has 1 fully saturated rings. The van der Waals surface area contributed by atoms with Crippen LogP contribution in [0.25, 0.3) is 0 Å². The van der Waals surface area contributed by atoms with Gasteiger partial charge in [-0.1, -0.05) is 12.8 Å². The molecule has 3 N–H and O–H groups in total. The van der Waals surface area contributed by atoms with E-state index in [1.807, 2.05) is 0 Å². The van der Waals surface area contributed by atoms with Crippen LogP contribution >= 0.6 is 15.9 Å². The minimum atomic E-state index is -4.32. The molecule has 0 spiro atoms. The van der Waals surface area contributed by atoms with Crippen LogP contribution in [0.2, 0.25) is 0 Å². The first-order chi connectivity index (χ1) is 9.41. The van der Waals surface area contributed by atoms with Gasteiger partial charge in [0.05, 0.1) is 5.56 Å². The van der Waals surface area contributed by atoms with Crippen molar-refractivity contribution in [1.29, 1.82) is 0 Å². The first-order valence-corrected chi connectivity index (χ1v) is 7.54. The average molecular weight is 351 g/mol. The topological polar surface area (TPSA) is 38.0 Å². The molecule has 2 unspecified atom stereocenters. The summed E-state index contributed by atoms with van der Waals surface area (Å²) in [5, 5.41) is 3.24. The minimum Gasteiger partial charge on any atom is -0.381 e. The van der Waals surface area contributed by atoms with Crippen LogP contribution in [0.5, 0.6) is 0 Å². The largest absolute Gasteiger partial charge is 0.416 e. The van der Waals surface area contributed by atoms with Crippen molar-refractivity contribution >= 4 is 21.6 Å². The summed E-state index contributed by atoms with van der Waals surface area (Å²) in [7, 11) is 0. The molecule has 1 aliphatic carbocycles. The number of hydrogen-bond donors (Lipinski definition) is 2. The van der Waals surface area contributed by atoms with Gasteiger partial charge in [-0.3, -0.25) is 0 Å². The van der Waals surface area contributed by atoms with E-state index in [-0.39, 0.29) is 6.04 Å². The van der Waals surface area contributed by atoms with Crippen LogP contribution in [0.1, 0.15) is 31.2 Å². The molecule has 0 saturated heterocycles. The number of halogens is 4. The maximum absolute atomic E-state index is 12.8. The number of anilines is 1. The van der Waals surface area contributed by atoms with Gasteiger partial charge in [-0.2, -0.15) is 13.2 Å². The molecule has 1 aliphatic rings. The van der Waals surface area contributed by atoms with Gasteiger partial charge in [0, 0.05) is 16.2 Å². The molecule has 2 nitrogen and oxygen atoms in total. The first kappa shape index (κ1) is 15.6. The molecule has 0 amide bonds. The SMILES string of the molecule is NCC1CCCCC1Nc1cc(C(F)(F)F)ccc1Br. The van der Waals surface area contributed by atoms with Gasteiger partial charge in [0.25, 0.3) is 0 Å². The highest BCUT2D eigenvalue weighted by molar-refractivity contribution is 9.10. The third-order valence-electron chi connectivity index (χ3n) is 3.85. The molecule has 1 aromatic carbocycles. The van der Waals surface area contributed by atoms with Gasteiger partial charge in [0.2, 0.25) is 0 Å². The van der Waals surface area contributed by atoms with Gasteiger partial charge >= 0.3 is 6.18 Å². The van der Waals surface area contributed by atoms with E-state index in [0.29, 0.717) is 22.6 Å². The first-order valence-electron chi connectivity index (χ1n) is 6.75. The molecule has 0 aliphatic heterocycles. The number of rotatable bonds is 3. The molecule has 2 atom stereocenters. The van der Waals surface area contributed by atoms with Crippen molar-refractivity contribution in [2.24, 2.45) is 11.7 Å². The Morgan fingerprint density at radius 3 is 2.60 bits per heavy atom. The second-order valence-corrected chi connectivity index (χ2v) is 6.08. The molecule has 0 radical (unpaired) electrons. The minimum absolute atomic E-state index is 0.147. The number of nitrogens with one attached hydrogen (secondary N) is 1. The second kappa shape index (κ2) is 6.35. The Balaban J connectivity index is 2.19. The number of hydrogen-bond acceptors (Lipinski definition) is 2. The Bertz CT molecular complexity index is 462. The Labute approximate surface area is 125 Å². The van der Waals surface area contributed by atoms with Gasteiger partial charge in [0.1, 0.15) is 0 Å². The third kappa shape index (κ3) is 3.67. The Morgan fingerprint density at radius 1 is 1.25 bits per heavy atom. The fourth-order valence-corrected chi connectivity index (χ4v) is 3.05. The molecular weight excluding hydrogens is 333 g/mol. The molecule has 0 bridgehead atoms. The molecule has 0 aromatic heterocycles. The summed E-state index contributed by atoms with van der Waals surface area (Å²) in [4.78, 5) is 0. The van der Waals surface area contributed by atoms with Crippen LogP contribution in [-0.4, -0.2) is 12.6 Å². The van der Waals surface area contributed by atoms with Gasteiger partial charge < -0.3 is 11.1 Å². The summed E-state index contributed by atoms with van der Waals surface area (Å²) >= 11 is 3.30. The second-order valence-electron chi connectivity index (χ2n) is 5.22. The van der Waals surface area contributed by atoms with Crippen molar-refractivity contribution < 1.29 is 13.2 Å². The number of benzene rings is 1. The lowest BCUT2D eigenvalue weighted by molar-refractivity contribution is -0.137. The average Bonchev–Trinajstić information content (AvgIpc) is 2.40. The maximum Gasteiger partial charge on any atom is 0.416 e. The zero-order valence-electron chi connectivity index (χ0n) is 11.0. The van der Waals surface area contributed by atoms with Gasteiger partial charge in [-0.05, 0) is 59.4 Å². The smallest absolute Gasteiger partial charge is 0.381 e. The summed E-state index contributed by atoms with van der Waals surface area (Å²) in [5.74, 6) is 0.324. The van der Waals surface area contributed by atoms with E-state index in [4.69, 9.17) is 5.73 Å². The zero-order chi connectivity index (χ0) is 14.8. The highest BCUT2D eigenvalue weighted by Gasteiger charge is 2.31. The van der Waals surface area contributed by atoms with E-state index in [9.17, 15) is 13.2 Å². The molecule has 1 aromatic rings. The molecule has 0 heterocycles. The van der Waals surface area contributed by atoms with Crippen LogP contribution in [0.3, 0.4) is 0 Å². The monoisotopic (exact) mass is 350 g/mol. The van der Waals surface area contributed by atoms with E-state index in [1.54, 1.807) is 0 Å². The molecule has 1 saturated carbocycles. The van der Waals surface area contributed by atoms with E-state index in [0.717, 1.165) is 37.8 Å². The fraction of sp³-hybridized carbons (Fsp3) is 0.571. The van der Waals surface area contributed by atoms with Crippen molar-refractivity contribution in [3.8, 4) is 0 Å². The molecule has 112 valence electrons. The molecule has 20 heavy (non-hydrogen) atoms. The Morgan fingerprint density at radius 2 is 1.95 bits per heavy atom. The number of nitrogens with two attached hydrogens (primary N) is 1. The van der Waals surface area contributed by atoms with E-state index in [2.05, 4.69) is 21.2 Å². The zero-order valence-corrected chi connectivity index (χ0v) is 12.6. The fourth-order valence-electron chi connectivity index (χ4n) is 2.69. The lowest BCUT2D eigenvalue weighted by Crippen LogP contribution is -2.36. The van der Waals surface area contributed by atoms with Crippen molar-refractivity contribution in [3.05, 3.63) is 28.2 Å². The van der Waals surface area contributed by atoms with Gasteiger partial charge in [0.15, 0.2) is 0 Å². The van der Waals surface area contributed by atoms with E-state index in [1.165, 1.54) is 6.07 Å². The highest BCUT2D eigenvalue weighted by atomic mass is 79.9. The van der Waals surface area contributed by atoms with Crippen LogP contribution in [0.4, 0.5) is 18.9 Å². The quantitative estimate of drug-likeness (QED) is 0.847.